The van der Waals surface area contributed by atoms with E-state index in [1.165, 1.54) is 14.2 Å². The maximum absolute atomic E-state index is 12.7. The lowest BCUT2D eigenvalue weighted by Gasteiger charge is -2.12. The van der Waals surface area contributed by atoms with Crippen LogP contribution in [0.25, 0.3) is 6.08 Å². The second-order valence-electron chi connectivity index (χ2n) is 6.47. The van der Waals surface area contributed by atoms with Crippen LogP contribution < -0.4 is 19.5 Å². The Bertz CT molecular complexity index is 1020. The molecule has 0 atom stereocenters. The highest BCUT2D eigenvalue weighted by Crippen LogP contribution is 2.34. The van der Waals surface area contributed by atoms with E-state index in [9.17, 15) is 14.4 Å². The fraction of sp³-hybridized carbons (Fsp3) is 0.227. The molecular weight excluding hydrogens is 420 g/mol. The molecule has 8 nitrogen and oxygen atoms in total. The highest BCUT2D eigenvalue weighted by molar-refractivity contribution is 8.18. The minimum atomic E-state index is -0.429. The fourth-order valence-electron chi connectivity index (χ4n) is 2.90. The van der Waals surface area contributed by atoms with Crippen molar-refractivity contribution in [1.82, 2.24) is 4.90 Å². The smallest absolute Gasteiger partial charge is 0.293 e. The van der Waals surface area contributed by atoms with Crippen molar-refractivity contribution in [3.05, 3.63) is 52.9 Å². The number of methoxy groups -OCH3 is 3. The predicted octanol–water partition coefficient (Wildman–Crippen LogP) is 3.78. The van der Waals surface area contributed by atoms with Crippen LogP contribution in [0.3, 0.4) is 0 Å². The normalized spacial score (nSPS) is 14.7. The van der Waals surface area contributed by atoms with Crippen LogP contribution in [-0.4, -0.2) is 49.8 Å². The summed E-state index contributed by atoms with van der Waals surface area (Å²) in [7, 11) is 4.61. The Kier molecular flexibility index (Phi) is 7.19. The number of imide groups is 1. The Labute approximate surface area is 184 Å². The molecule has 3 rings (SSSR count). The van der Waals surface area contributed by atoms with Crippen LogP contribution in [0.4, 0.5) is 10.5 Å². The Morgan fingerprint density at radius 3 is 2.35 bits per heavy atom. The van der Waals surface area contributed by atoms with Gasteiger partial charge in [-0.15, -0.1) is 0 Å². The van der Waals surface area contributed by atoms with Gasteiger partial charge in [-0.25, -0.2) is 0 Å². The maximum atomic E-state index is 12.7. The van der Waals surface area contributed by atoms with Crippen LogP contribution in [-0.2, 0) is 9.59 Å². The summed E-state index contributed by atoms with van der Waals surface area (Å²) >= 11 is 0.841. The molecule has 0 aromatic heterocycles. The van der Waals surface area contributed by atoms with Gasteiger partial charge in [-0.3, -0.25) is 19.3 Å². The molecule has 3 amide bonds. The molecule has 0 spiro atoms. The number of anilines is 1. The lowest BCUT2D eigenvalue weighted by Crippen LogP contribution is -2.31. The zero-order valence-electron chi connectivity index (χ0n) is 17.3. The van der Waals surface area contributed by atoms with Gasteiger partial charge in [-0.05, 0) is 59.8 Å². The number of nitrogens with zero attached hydrogens (tertiary/aromatic N) is 1. The van der Waals surface area contributed by atoms with Crippen molar-refractivity contribution in [3.63, 3.8) is 0 Å². The minimum absolute atomic E-state index is 0.00404. The van der Waals surface area contributed by atoms with E-state index in [1.807, 2.05) is 0 Å². The molecule has 0 unspecified atom stereocenters. The molecule has 162 valence electrons. The van der Waals surface area contributed by atoms with Gasteiger partial charge in [0.25, 0.3) is 11.1 Å². The average molecular weight is 442 g/mol. The minimum Gasteiger partial charge on any atom is -0.497 e. The second kappa shape index (κ2) is 10.0. The molecule has 1 aliphatic rings. The first-order valence-corrected chi connectivity index (χ1v) is 10.2. The van der Waals surface area contributed by atoms with Crippen molar-refractivity contribution in [2.45, 2.75) is 6.42 Å². The zero-order valence-corrected chi connectivity index (χ0v) is 18.2. The van der Waals surface area contributed by atoms with Crippen LogP contribution in [0.1, 0.15) is 12.0 Å². The largest absolute Gasteiger partial charge is 0.497 e. The highest BCUT2D eigenvalue weighted by atomic mass is 32.2. The first-order valence-electron chi connectivity index (χ1n) is 9.36. The SMILES string of the molecule is COc1ccc(NC(=O)CCN2C(=O)SC(=Cc3ccc(OC)c(OC)c3)C2=O)cc1. The summed E-state index contributed by atoms with van der Waals surface area (Å²) in [6.45, 7) is -0.00404. The lowest BCUT2D eigenvalue weighted by atomic mass is 10.2. The highest BCUT2D eigenvalue weighted by Gasteiger charge is 2.35. The number of amides is 3. The van der Waals surface area contributed by atoms with E-state index < -0.39 is 11.1 Å². The van der Waals surface area contributed by atoms with Gasteiger partial charge in [0.05, 0.1) is 26.2 Å². The summed E-state index contributed by atoms with van der Waals surface area (Å²) in [5.74, 6) is 1.04. The summed E-state index contributed by atoms with van der Waals surface area (Å²) in [5, 5.41) is 2.32. The van der Waals surface area contributed by atoms with Gasteiger partial charge in [0.2, 0.25) is 5.91 Å². The zero-order chi connectivity index (χ0) is 22.4. The summed E-state index contributed by atoms with van der Waals surface area (Å²) in [6.07, 6.45) is 1.61. The molecule has 0 aliphatic carbocycles. The molecule has 1 aliphatic heterocycles. The van der Waals surface area contributed by atoms with Crippen LogP contribution in [0.15, 0.2) is 47.4 Å². The molecule has 2 aromatic carbocycles. The van der Waals surface area contributed by atoms with E-state index in [4.69, 9.17) is 14.2 Å². The number of benzene rings is 2. The van der Waals surface area contributed by atoms with Crippen molar-refractivity contribution in [2.75, 3.05) is 33.2 Å². The van der Waals surface area contributed by atoms with Crippen molar-refractivity contribution >= 4 is 40.6 Å². The van der Waals surface area contributed by atoms with Gasteiger partial charge in [-0.1, -0.05) is 6.07 Å². The molecule has 1 heterocycles. The molecule has 2 aromatic rings. The van der Waals surface area contributed by atoms with Crippen molar-refractivity contribution in [1.29, 1.82) is 0 Å². The molecule has 0 saturated carbocycles. The van der Waals surface area contributed by atoms with E-state index in [-0.39, 0.29) is 23.8 Å². The summed E-state index contributed by atoms with van der Waals surface area (Å²) in [5.41, 5.74) is 1.30. The second-order valence-corrected chi connectivity index (χ2v) is 7.47. The lowest BCUT2D eigenvalue weighted by molar-refractivity contribution is -0.123. The monoisotopic (exact) mass is 442 g/mol. The van der Waals surface area contributed by atoms with E-state index in [1.54, 1.807) is 55.7 Å². The third kappa shape index (κ3) is 5.37. The first-order chi connectivity index (χ1) is 14.9. The van der Waals surface area contributed by atoms with Gasteiger partial charge < -0.3 is 19.5 Å². The fourth-order valence-corrected chi connectivity index (χ4v) is 3.76. The third-order valence-corrected chi connectivity index (χ3v) is 5.42. The van der Waals surface area contributed by atoms with Crippen molar-refractivity contribution < 1.29 is 28.6 Å². The first kappa shape index (κ1) is 22.2. The molecule has 1 fully saturated rings. The van der Waals surface area contributed by atoms with E-state index in [0.29, 0.717) is 28.5 Å². The van der Waals surface area contributed by atoms with Gasteiger partial charge in [-0.2, -0.15) is 0 Å². The summed E-state index contributed by atoms with van der Waals surface area (Å²) in [6, 6.07) is 12.1. The molecular formula is C22H22N2O6S. The summed E-state index contributed by atoms with van der Waals surface area (Å²) < 4.78 is 15.5. The topological polar surface area (TPSA) is 94.2 Å². The Morgan fingerprint density at radius 1 is 1.00 bits per heavy atom. The molecule has 1 saturated heterocycles. The van der Waals surface area contributed by atoms with E-state index in [0.717, 1.165) is 16.7 Å². The van der Waals surface area contributed by atoms with Gasteiger partial charge in [0, 0.05) is 18.7 Å². The van der Waals surface area contributed by atoms with Crippen LogP contribution in [0, 0.1) is 0 Å². The Balaban J connectivity index is 1.62. The van der Waals surface area contributed by atoms with Crippen LogP contribution in [0.5, 0.6) is 17.2 Å². The number of hydrogen-bond acceptors (Lipinski definition) is 7. The molecule has 1 N–H and O–H groups in total. The number of thioether (sulfide) groups is 1. The molecule has 0 radical (unpaired) electrons. The van der Waals surface area contributed by atoms with Crippen molar-refractivity contribution in [3.8, 4) is 17.2 Å². The Hall–Kier alpha value is -3.46. The van der Waals surface area contributed by atoms with E-state index >= 15 is 0 Å². The number of rotatable bonds is 8. The van der Waals surface area contributed by atoms with E-state index in [2.05, 4.69) is 5.32 Å². The molecule has 9 heteroatoms. The van der Waals surface area contributed by atoms with Crippen LogP contribution in [0.2, 0.25) is 0 Å². The maximum Gasteiger partial charge on any atom is 0.293 e. The molecule has 0 bridgehead atoms. The van der Waals surface area contributed by atoms with Gasteiger partial charge in [0.15, 0.2) is 11.5 Å². The number of ether oxygens (including phenoxy) is 3. The molecule has 31 heavy (non-hydrogen) atoms. The summed E-state index contributed by atoms with van der Waals surface area (Å²) in [4.78, 5) is 38.5. The standard InChI is InChI=1S/C22H22N2O6S/c1-28-16-7-5-15(6-8-16)23-20(25)10-11-24-21(26)19(31-22(24)27)13-14-4-9-17(29-2)18(12-14)30-3/h4-9,12-13H,10-11H2,1-3H3,(H,23,25). The average Bonchev–Trinajstić information content (AvgIpc) is 3.04. The third-order valence-electron chi connectivity index (χ3n) is 4.52. The van der Waals surface area contributed by atoms with Gasteiger partial charge >= 0.3 is 0 Å². The number of carbonyl (C=O) groups excluding carboxylic acids is 3. The number of nitrogens with one attached hydrogen (secondary N) is 1. The quantitative estimate of drug-likeness (QED) is 0.622. The predicted molar refractivity (Wildman–Crippen MR) is 118 cm³/mol. The van der Waals surface area contributed by atoms with Gasteiger partial charge in [0.1, 0.15) is 5.75 Å². The number of carbonyl (C=O) groups is 3. The van der Waals surface area contributed by atoms with Crippen molar-refractivity contribution in [2.24, 2.45) is 0 Å². The van der Waals surface area contributed by atoms with Crippen LogP contribution >= 0.6 is 11.8 Å². The number of hydrogen-bond donors (Lipinski definition) is 1. The Morgan fingerprint density at radius 2 is 1.71 bits per heavy atom.